The Hall–Kier alpha value is -1.90. The number of likely N-dealkylation sites (N-methyl/N-ethyl adjacent to an activating group) is 1. The van der Waals surface area contributed by atoms with Gasteiger partial charge in [-0.15, -0.1) is 0 Å². The number of rotatable bonds is 11. The van der Waals surface area contributed by atoms with E-state index in [1.807, 2.05) is 11.9 Å². The summed E-state index contributed by atoms with van der Waals surface area (Å²) < 4.78 is 21.1. The number of amides is 3. The van der Waals surface area contributed by atoms with E-state index in [4.69, 9.17) is 16.3 Å². The topological polar surface area (TPSA) is 82.7 Å². The largest absolute Gasteiger partial charge is 0.371 e. The van der Waals surface area contributed by atoms with Crippen LogP contribution < -0.4 is 16.0 Å². The quantitative estimate of drug-likeness (QED) is 0.368. The first-order valence-corrected chi connectivity index (χ1v) is 13.8. The van der Waals surface area contributed by atoms with Gasteiger partial charge in [0.1, 0.15) is 5.82 Å². The zero-order valence-electron chi connectivity index (χ0n) is 21.7. The molecule has 3 rings (SSSR count). The van der Waals surface area contributed by atoms with Crippen LogP contribution in [0.2, 0.25) is 5.02 Å². The van der Waals surface area contributed by atoms with Crippen molar-refractivity contribution >= 4 is 23.5 Å². The summed E-state index contributed by atoms with van der Waals surface area (Å²) in [5.74, 6) is -0.0598. The average molecular weight is 525 g/mol. The predicted molar refractivity (Wildman–Crippen MR) is 141 cm³/mol. The van der Waals surface area contributed by atoms with Gasteiger partial charge >= 0.3 is 6.03 Å². The molecule has 1 saturated heterocycles. The van der Waals surface area contributed by atoms with Crippen molar-refractivity contribution in [3.63, 3.8) is 0 Å². The lowest BCUT2D eigenvalue weighted by Gasteiger charge is -2.38. The number of hydrogen-bond donors (Lipinski definition) is 3. The highest BCUT2D eigenvalue weighted by Gasteiger charge is 2.33. The minimum atomic E-state index is -0.566. The van der Waals surface area contributed by atoms with Crippen LogP contribution >= 0.6 is 11.6 Å². The van der Waals surface area contributed by atoms with Crippen LogP contribution in [0.5, 0.6) is 0 Å². The third-order valence-corrected chi connectivity index (χ3v) is 7.65. The molecule has 0 spiro atoms. The summed E-state index contributed by atoms with van der Waals surface area (Å²) in [6.07, 6.45) is 8.40. The van der Waals surface area contributed by atoms with E-state index < -0.39 is 11.9 Å². The van der Waals surface area contributed by atoms with Crippen LogP contribution in [0, 0.1) is 17.7 Å². The van der Waals surface area contributed by atoms with Crippen molar-refractivity contribution in [3.05, 3.63) is 34.6 Å². The van der Waals surface area contributed by atoms with Crippen molar-refractivity contribution in [1.82, 2.24) is 20.9 Å². The summed E-state index contributed by atoms with van der Waals surface area (Å²) in [7, 11) is 1.92. The van der Waals surface area contributed by atoms with Gasteiger partial charge in [0.2, 0.25) is 5.91 Å². The Morgan fingerprint density at radius 3 is 2.69 bits per heavy atom. The van der Waals surface area contributed by atoms with Crippen LogP contribution in [-0.2, 0) is 9.53 Å². The molecule has 1 aromatic carbocycles. The van der Waals surface area contributed by atoms with Crippen molar-refractivity contribution in [2.24, 2.45) is 11.8 Å². The number of nitrogens with one attached hydrogen (secondary N) is 3. The van der Waals surface area contributed by atoms with E-state index in [0.717, 1.165) is 25.8 Å². The van der Waals surface area contributed by atoms with Gasteiger partial charge in [-0.3, -0.25) is 4.79 Å². The number of piperidine rings is 1. The molecule has 202 valence electrons. The van der Waals surface area contributed by atoms with Gasteiger partial charge in [0.15, 0.2) is 0 Å². The normalized spacial score (nSPS) is 20.6. The zero-order valence-corrected chi connectivity index (χ0v) is 22.4. The number of carbonyl (C=O) groups is 2. The zero-order chi connectivity index (χ0) is 25.9. The molecule has 0 aromatic heterocycles. The van der Waals surface area contributed by atoms with Crippen LogP contribution in [0.4, 0.5) is 9.18 Å². The molecule has 1 heterocycles. The number of nitrogens with zero attached hydrogens (tertiary/aromatic N) is 1. The number of likely N-dealkylation sites (tertiary alicyclic amines) is 1. The average Bonchev–Trinajstić information content (AvgIpc) is 2.87. The Balaban J connectivity index is 1.66. The molecule has 3 N–H and O–H groups in total. The maximum Gasteiger partial charge on any atom is 0.317 e. The molecule has 36 heavy (non-hydrogen) atoms. The Morgan fingerprint density at radius 2 is 1.97 bits per heavy atom. The van der Waals surface area contributed by atoms with E-state index in [0.29, 0.717) is 31.1 Å². The highest BCUT2D eigenvalue weighted by atomic mass is 35.5. The summed E-state index contributed by atoms with van der Waals surface area (Å²) in [5.41, 5.74) is 0.392. The maximum atomic E-state index is 15.0. The third kappa shape index (κ3) is 8.60. The Kier molecular flexibility index (Phi) is 11.7. The molecule has 1 aliphatic carbocycles. The summed E-state index contributed by atoms with van der Waals surface area (Å²) in [4.78, 5) is 26.4. The third-order valence-electron chi connectivity index (χ3n) is 7.36. The van der Waals surface area contributed by atoms with Crippen molar-refractivity contribution in [2.75, 3.05) is 39.8 Å². The molecule has 0 bridgehead atoms. The number of carbonyl (C=O) groups excluding carboxylic acids is 2. The molecule has 3 atom stereocenters. The molecule has 1 saturated carbocycles. The maximum absolute atomic E-state index is 15.0. The van der Waals surface area contributed by atoms with Crippen LogP contribution in [0.15, 0.2) is 18.2 Å². The van der Waals surface area contributed by atoms with Crippen molar-refractivity contribution < 1.29 is 18.7 Å². The van der Waals surface area contributed by atoms with Crippen LogP contribution in [0.1, 0.15) is 70.0 Å². The van der Waals surface area contributed by atoms with Gasteiger partial charge in [-0.05, 0) is 38.3 Å². The molecule has 1 aromatic rings. The molecule has 1 aliphatic heterocycles. The molecular formula is C27H42ClFN4O3. The summed E-state index contributed by atoms with van der Waals surface area (Å²) in [5, 5.41) is 9.24. The minimum Gasteiger partial charge on any atom is -0.371 e. The van der Waals surface area contributed by atoms with Crippen molar-refractivity contribution in [2.45, 2.75) is 70.4 Å². The van der Waals surface area contributed by atoms with Crippen molar-refractivity contribution in [3.8, 4) is 0 Å². The molecule has 2 aliphatic rings. The van der Waals surface area contributed by atoms with Gasteiger partial charge in [0.25, 0.3) is 0 Å². The fourth-order valence-corrected chi connectivity index (χ4v) is 5.79. The number of halogens is 2. The highest BCUT2D eigenvalue weighted by molar-refractivity contribution is 6.30. The Morgan fingerprint density at radius 1 is 1.19 bits per heavy atom. The molecule has 7 nitrogen and oxygen atoms in total. The molecular weight excluding hydrogens is 483 g/mol. The standard InChI is InChI=1S/C27H42ClFN4O3/c1-19(34)31-13-15-36-26(23-11-6-12-24(28)25(23)29)21-10-7-14-33(18-21)27(35)32-22(17-30-2)16-20-8-4-3-5-9-20/h6,11-12,20-22,26,30H,3-5,7-10,13-18H2,1-2H3,(H,31,34)(H,32,35)/t21-,22?,26-/m1/s1. The molecule has 2 fully saturated rings. The van der Waals surface area contributed by atoms with Gasteiger partial charge in [-0.25, -0.2) is 9.18 Å². The molecule has 0 radical (unpaired) electrons. The number of hydrogen-bond acceptors (Lipinski definition) is 4. The number of benzene rings is 1. The number of ether oxygens (including phenoxy) is 1. The lowest BCUT2D eigenvalue weighted by Crippen LogP contribution is -2.52. The van der Waals surface area contributed by atoms with E-state index in [2.05, 4.69) is 16.0 Å². The fourth-order valence-electron chi connectivity index (χ4n) is 5.61. The van der Waals surface area contributed by atoms with E-state index in [-0.39, 0.29) is 35.5 Å². The lowest BCUT2D eigenvalue weighted by atomic mass is 9.85. The van der Waals surface area contributed by atoms with Crippen LogP contribution in [0.3, 0.4) is 0 Å². The second-order valence-corrected chi connectivity index (χ2v) is 10.6. The van der Waals surface area contributed by atoms with Crippen LogP contribution in [-0.4, -0.2) is 62.7 Å². The van der Waals surface area contributed by atoms with Crippen molar-refractivity contribution in [1.29, 1.82) is 0 Å². The lowest BCUT2D eigenvalue weighted by molar-refractivity contribution is -0.119. The predicted octanol–water partition coefficient (Wildman–Crippen LogP) is 4.65. The van der Waals surface area contributed by atoms with Gasteiger partial charge in [0, 0.05) is 50.6 Å². The van der Waals surface area contributed by atoms with Gasteiger partial charge in [-0.2, -0.15) is 0 Å². The summed E-state index contributed by atoms with van der Waals surface area (Å²) in [6, 6.07) is 4.94. The van der Waals surface area contributed by atoms with Gasteiger partial charge in [-0.1, -0.05) is 55.8 Å². The monoisotopic (exact) mass is 524 g/mol. The first kappa shape index (κ1) is 28.7. The first-order valence-electron chi connectivity index (χ1n) is 13.4. The SMILES string of the molecule is CNCC(CC1CCCCC1)NC(=O)N1CCC[C@@H]([C@@H](OCCNC(C)=O)c2cccc(Cl)c2F)C1. The Bertz CT molecular complexity index is 852. The van der Waals surface area contributed by atoms with Gasteiger partial charge < -0.3 is 25.6 Å². The van der Waals surface area contributed by atoms with E-state index in [1.165, 1.54) is 45.1 Å². The summed E-state index contributed by atoms with van der Waals surface area (Å²) >= 11 is 6.08. The molecule has 1 unspecified atom stereocenters. The van der Waals surface area contributed by atoms with E-state index >= 15 is 0 Å². The van der Waals surface area contributed by atoms with E-state index in [9.17, 15) is 14.0 Å². The summed E-state index contributed by atoms with van der Waals surface area (Å²) in [6.45, 7) is 3.89. The highest BCUT2D eigenvalue weighted by Crippen LogP contribution is 2.36. The smallest absolute Gasteiger partial charge is 0.317 e. The molecule has 9 heteroatoms. The molecule has 3 amide bonds. The van der Waals surface area contributed by atoms with E-state index in [1.54, 1.807) is 12.1 Å². The Labute approximate surface area is 219 Å². The minimum absolute atomic E-state index is 0.0472. The first-order chi connectivity index (χ1) is 17.4. The number of urea groups is 1. The second kappa shape index (κ2) is 14.7. The van der Waals surface area contributed by atoms with Gasteiger partial charge in [0.05, 0.1) is 17.7 Å². The van der Waals surface area contributed by atoms with Crippen LogP contribution in [0.25, 0.3) is 0 Å². The second-order valence-electron chi connectivity index (χ2n) is 10.2. The fraction of sp³-hybridized carbons (Fsp3) is 0.704.